The van der Waals surface area contributed by atoms with Crippen molar-refractivity contribution in [2.75, 3.05) is 12.4 Å². The average molecular weight is 453 g/mol. The van der Waals surface area contributed by atoms with Gasteiger partial charge in [-0.15, -0.1) is 0 Å². The van der Waals surface area contributed by atoms with Crippen LogP contribution < -0.4 is 11.1 Å². The number of rotatable bonds is 7. The van der Waals surface area contributed by atoms with Gasteiger partial charge in [0.1, 0.15) is 18.8 Å². The number of carbonyl (C=O) groups is 2. The summed E-state index contributed by atoms with van der Waals surface area (Å²) in [6.45, 7) is 1.34. The van der Waals surface area contributed by atoms with E-state index in [1.54, 1.807) is 12.1 Å². The summed E-state index contributed by atoms with van der Waals surface area (Å²) in [7, 11) is 1.34. The van der Waals surface area contributed by atoms with E-state index in [4.69, 9.17) is 33.8 Å². The van der Waals surface area contributed by atoms with E-state index in [0.29, 0.717) is 16.8 Å². The van der Waals surface area contributed by atoms with Gasteiger partial charge in [0.2, 0.25) is 5.91 Å². The van der Waals surface area contributed by atoms with Gasteiger partial charge in [0, 0.05) is 18.9 Å². The van der Waals surface area contributed by atoms with Crippen molar-refractivity contribution in [3.63, 3.8) is 0 Å². The summed E-state index contributed by atoms with van der Waals surface area (Å²) < 4.78 is 13.1. The molecule has 3 N–H and O–H groups in total. The van der Waals surface area contributed by atoms with E-state index in [0.717, 1.165) is 0 Å². The molecule has 0 aliphatic rings. The van der Waals surface area contributed by atoms with Crippen molar-refractivity contribution < 1.29 is 18.8 Å². The summed E-state index contributed by atoms with van der Waals surface area (Å²) in [4.78, 5) is 32.1. The molecule has 0 saturated carbocycles. The van der Waals surface area contributed by atoms with Gasteiger partial charge in [0.25, 0.3) is 5.91 Å². The van der Waals surface area contributed by atoms with E-state index in [-0.39, 0.29) is 40.3 Å². The molecule has 158 valence electrons. The van der Waals surface area contributed by atoms with Crippen molar-refractivity contribution in [1.82, 2.24) is 0 Å². The molecule has 2 aromatic carbocycles. The van der Waals surface area contributed by atoms with Gasteiger partial charge in [-0.25, -0.2) is 9.38 Å². The van der Waals surface area contributed by atoms with Crippen molar-refractivity contribution in [3.8, 4) is 0 Å². The Labute approximate surface area is 182 Å². The van der Waals surface area contributed by atoms with Crippen LogP contribution in [0.5, 0.6) is 0 Å². The van der Waals surface area contributed by atoms with Crippen LogP contribution in [0.25, 0.3) is 0 Å². The number of carbonyl (C=O) groups excluding carboxylic acids is 2. The van der Waals surface area contributed by atoms with Gasteiger partial charge in [-0.2, -0.15) is 0 Å². The van der Waals surface area contributed by atoms with Crippen molar-refractivity contribution in [2.45, 2.75) is 19.8 Å². The molecule has 0 bridgehead atoms. The highest BCUT2D eigenvalue weighted by Crippen LogP contribution is 2.32. The normalized spacial score (nSPS) is 11.9. The number of halogens is 3. The minimum absolute atomic E-state index is 0.0373. The summed E-state index contributed by atoms with van der Waals surface area (Å²) in [5, 5.41) is 6.81. The second-order valence-electron chi connectivity index (χ2n) is 6.19. The number of amides is 2. The molecular formula is C20H19Cl2FN4O3. The lowest BCUT2D eigenvalue weighted by Crippen LogP contribution is -2.19. The third-order valence-corrected chi connectivity index (χ3v) is 4.35. The maximum Gasteiger partial charge on any atom is 0.253 e. The number of nitrogens with zero attached hydrogens (tertiary/aromatic N) is 2. The zero-order chi connectivity index (χ0) is 22.3. The Balaban J connectivity index is 2.12. The lowest BCUT2D eigenvalue weighted by atomic mass is 10.1. The molecule has 10 heteroatoms. The van der Waals surface area contributed by atoms with E-state index in [2.05, 4.69) is 15.5 Å². The number of hydrogen-bond acceptors (Lipinski definition) is 4. The number of hydrogen-bond donors (Lipinski definition) is 2. The minimum Gasteiger partial charge on any atom is -0.399 e. The van der Waals surface area contributed by atoms with E-state index in [1.807, 2.05) is 0 Å². The minimum atomic E-state index is -0.556. The summed E-state index contributed by atoms with van der Waals surface area (Å²) in [6, 6.07) is 8.60. The summed E-state index contributed by atoms with van der Waals surface area (Å²) >= 11 is 12.3. The molecule has 2 amide bonds. The molecule has 0 saturated heterocycles. The van der Waals surface area contributed by atoms with Gasteiger partial charge in [-0.3, -0.25) is 9.59 Å². The molecule has 0 aliphatic carbocycles. The fourth-order valence-electron chi connectivity index (χ4n) is 2.55. The molecule has 0 unspecified atom stereocenters. The van der Waals surface area contributed by atoms with E-state index < -0.39 is 11.7 Å². The molecule has 2 aromatic rings. The second-order valence-corrected chi connectivity index (χ2v) is 7.01. The Morgan fingerprint density at radius 3 is 2.30 bits per heavy atom. The van der Waals surface area contributed by atoms with Crippen molar-refractivity contribution in [1.29, 1.82) is 0 Å². The first-order valence-electron chi connectivity index (χ1n) is 8.67. The number of aliphatic imine (C=N–C) groups is 1. The molecule has 0 fully saturated rings. The maximum atomic E-state index is 13.1. The summed E-state index contributed by atoms with van der Waals surface area (Å²) in [5.41, 5.74) is 7.59. The van der Waals surface area contributed by atoms with Crippen LogP contribution in [0, 0.1) is 5.82 Å². The van der Waals surface area contributed by atoms with Crippen LogP contribution in [0.4, 0.5) is 10.1 Å². The Morgan fingerprint density at radius 2 is 1.77 bits per heavy atom. The SMILES string of the molecule is CO/N=C(/CC(=O)N=C(N)Cc1cc(Cl)c(NC(C)=O)c(Cl)c1)c1ccc(F)cc1. The number of nitrogens with one attached hydrogen (secondary N) is 1. The Bertz CT molecular complexity index is 985. The van der Waals surface area contributed by atoms with Crippen molar-refractivity contribution in [3.05, 3.63) is 63.4 Å². The highest BCUT2D eigenvalue weighted by atomic mass is 35.5. The quantitative estimate of drug-likeness (QED) is 0.376. The fourth-order valence-corrected chi connectivity index (χ4v) is 3.18. The third-order valence-electron chi connectivity index (χ3n) is 3.75. The lowest BCUT2D eigenvalue weighted by molar-refractivity contribution is -0.116. The topological polar surface area (TPSA) is 106 Å². The predicted molar refractivity (Wildman–Crippen MR) is 116 cm³/mol. The van der Waals surface area contributed by atoms with Crippen LogP contribution >= 0.6 is 23.2 Å². The van der Waals surface area contributed by atoms with Gasteiger partial charge in [-0.05, 0) is 29.8 Å². The molecule has 0 radical (unpaired) electrons. The Morgan fingerprint density at radius 1 is 1.17 bits per heavy atom. The van der Waals surface area contributed by atoms with Gasteiger partial charge < -0.3 is 15.9 Å². The van der Waals surface area contributed by atoms with Crippen LogP contribution in [0.2, 0.25) is 10.0 Å². The number of anilines is 1. The van der Waals surface area contributed by atoms with Crippen LogP contribution in [0.3, 0.4) is 0 Å². The van der Waals surface area contributed by atoms with Crippen LogP contribution in [0.1, 0.15) is 24.5 Å². The van der Waals surface area contributed by atoms with Gasteiger partial charge >= 0.3 is 0 Å². The molecular weight excluding hydrogens is 434 g/mol. The summed E-state index contributed by atoms with van der Waals surface area (Å²) in [6.07, 6.45) is -0.0814. The third kappa shape index (κ3) is 6.82. The van der Waals surface area contributed by atoms with Crippen LogP contribution in [-0.4, -0.2) is 30.5 Å². The molecule has 0 heterocycles. The molecule has 0 spiro atoms. The zero-order valence-corrected chi connectivity index (χ0v) is 17.7. The average Bonchev–Trinajstić information content (AvgIpc) is 2.64. The monoisotopic (exact) mass is 452 g/mol. The molecule has 7 nitrogen and oxygen atoms in total. The number of nitrogens with two attached hydrogens (primary N) is 1. The fraction of sp³-hybridized carbons (Fsp3) is 0.200. The number of amidine groups is 1. The highest BCUT2D eigenvalue weighted by molar-refractivity contribution is 6.39. The first-order chi connectivity index (χ1) is 14.2. The molecule has 0 atom stereocenters. The van der Waals surface area contributed by atoms with Gasteiger partial charge in [0.05, 0.1) is 27.9 Å². The zero-order valence-electron chi connectivity index (χ0n) is 16.2. The van der Waals surface area contributed by atoms with Crippen molar-refractivity contribution in [2.24, 2.45) is 15.9 Å². The highest BCUT2D eigenvalue weighted by Gasteiger charge is 2.13. The smallest absolute Gasteiger partial charge is 0.253 e. The molecule has 2 rings (SSSR count). The number of oxime groups is 1. The number of benzene rings is 2. The second kappa shape index (κ2) is 10.7. The Kier molecular flexibility index (Phi) is 8.32. The lowest BCUT2D eigenvalue weighted by Gasteiger charge is -2.10. The first-order valence-corrected chi connectivity index (χ1v) is 9.42. The standard InChI is InChI=1S/C20H19Cl2FN4O3/c1-11(28)25-20-15(21)7-12(8-16(20)22)9-18(24)26-19(29)10-17(27-30-2)13-3-5-14(23)6-4-13/h3-8H,9-10H2,1-2H3,(H,25,28)(H2,24,26,29)/b27-17-. The van der Waals surface area contributed by atoms with E-state index in [9.17, 15) is 14.0 Å². The molecule has 30 heavy (non-hydrogen) atoms. The van der Waals surface area contributed by atoms with Gasteiger partial charge in [0.15, 0.2) is 0 Å². The Hall–Kier alpha value is -2.97. The maximum absolute atomic E-state index is 13.1. The van der Waals surface area contributed by atoms with Crippen LogP contribution in [0.15, 0.2) is 46.5 Å². The van der Waals surface area contributed by atoms with E-state index >= 15 is 0 Å². The molecule has 0 aromatic heterocycles. The molecule has 0 aliphatic heterocycles. The first kappa shape index (κ1) is 23.3. The largest absolute Gasteiger partial charge is 0.399 e. The van der Waals surface area contributed by atoms with Crippen molar-refractivity contribution >= 4 is 52.3 Å². The van der Waals surface area contributed by atoms with Crippen LogP contribution in [-0.2, 0) is 20.8 Å². The van der Waals surface area contributed by atoms with E-state index in [1.165, 1.54) is 38.3 Å². The summed E-state index contributed by atoms with van der Waals surface area (Å²) in [5.74, 6) is -1.24. The van der Waals surface area contributed by atoms with Gasteiger partial charge in [-0.1, -0.05) is 40.5 Å². The predicted octanol–water partition coefficient (Wildman–Crippen LogP) is 3.96.